The molecule has 0 saturated carbocycles. The first-order chi connectivity index (χ1) is 19.8. The van der Waals surface area contributed by atoms with Gasteiger partial charge in [0, 0.05) is 29.0 Å². The summed E-state index contributed by atoms with van der Waals surface area (Å²) in [7, 11) is 0. The first-order valence-electron chi connectivity index (χ1n) is 13.6. The molecule has 7 nitrogen and oxygen atoms in total. The molecule has 208 valence electrons. The van der Waals surface area contributed by atoms with Crippen LogP contribution < -0.4 is 4.98 Å². The fourth-order valence-corrected chi connectivity index (χ4v) is 5.63. The maximum Gasteiger partial charge on any atom is 2.00 e. The van der Waals surface area contributed by atoms with E-state index < -0.39 is 10.8 Å². The zero-order chi connectivity index (χ0) is 28.4. The van der Waals surface area contributed by atoms with Crippen LogP contribution in [0.4, 0.5) is 0 Å². The average Bonchev–Trinajstić information content (AvgIpc) is 3.75. The minimum absolute atomic E-state index is 0. The summed E-state index contributed by atoms with van der Waals surface area (Å²) in [5.41, 5.74) is 4.75. The number of fused-ring (bicyclic) bond motifs is 10. The van der Waals surface area contributed by atoms with E-state index in [0.717, 1.165) is 39.8 Å². The second kappa shape index (κ2) is 10.1. The molecule has 3 aromatic heterocycles. The molecule has 1 aliphatic heterocycles. The zero-order valence-corrected chi connectivity index (χ0v) is 25.9. The van der Waals surface area contributed by atoms with Crippen LogP contribution in [0.2, 0.25) is 0 Å². The summed E-state index contributed by atoms with van der Waals surface area (Å²) in [5, 5.41) is 10.1. The van der Waals surface area contributed by atoms with Crippen LogP contribution in [0.5, 0.6) is 0 Å². The summed E-state index contributed by atoms with van der Waals surface area (Å²) in [6.07, 6.45) is 4.04. The molecule has 0 fully saturated rings. The summed E-state index contributed by atoms with van der Waals surface area (Å²) in [6, 6.07) is 32.3. The first kappa shape index (κ1) is 27.6. The van der Waals surface area contributed by atoms with Gasteiger partial charge in [0.2, 0.25) is 0 Å². The summed E-state index contributed by atoms with van der Waals surface area (Å²) in [6.45, 7) is 8.37. The molecule has 3 aromatic carbocycles. The molecule has 0 spiro atoms. The van der Waals surface area contributed by atoms with E-state index in [-0.39, 0.29) is 21.1 Å². The van der Waals surface area contributed by atoms with Gasteiger partial charge < -0.3 is 19.1 Å². The van der Waals surface area contributed by atoms with Gasteiger partial charge in [0.15, 0.2) is 0 Å². The fraction of sp³-hybridized carbons (Fsp3) is 0.176. The normalized spacial score (nSPS) is 14.4. The van der Waals surface area contributed by atoms with Gasteiger partial charge in [0.25, 0.3) is 0 Å². The van der Waals surface area contributed by atoms with E-state index in [1.54, 1.807) is 0 Å². The van der Waals surface area contributed by atoms with Crippen molar-refractivity contribution in [3.63, 3.8) is 0 Å². The third-order valence-corrected chi connectivity index (χ3v) is 7.93. The van der Waals surface area contributed by atoms with Gasteiger partial charge in [-0.3, -0.25) is 4.98 Å². The number of nitrogens with zero attached hydrogens (tertiary/aromatic N) is 7. The van der Waals surface area contributed by atoms with Crippen LogP contribution in [-0.4, -0.2) is 24.1 Å². The molecule has 0 aliphatic carbocycles. The van der Waals surface area contributed by atoms with E-state index in [2.05, 4.69) is 70.6 Å². The molecule has 7 rings (SSSR count). The first-order valence-corrected chi connectivity index (χ1v) is 13.6. The number of imidazole rings is 3. The maximum absolute atomic E-state index is 10.1. The standard InChI is InChI=1S/C34H27N7.Pt/c1-33(2)23-13-11-12-22(18-23)27-20-40(24-14-7-5-8-15-24)31(37-27)34(3,4)32-38-28(30-36-26(19-35)29(33)39-30)21-41(32)25-16-9-6-10-17-25;/h5-17,20-21H,1-4H3;/q-2;+2. The minimum Gasteiger partial charge on any atom is -0.436 e. The van der Waals surface area contributed by atoms with E-state index in [1.165, 1.54) is 0 Å². The summed E-state index contributed by atoms with van der Waals surface area (Å²) in [5.74, 6) is 2.05. The van der Waals surface area contributed by atoms with E-state index in [9.17, 15) is 5.26 Å². The number of rotatable bonds is 2. The van der Waals surface area contributed by atoms with Crippen LogP contribution in [0.25, 0.3) is 34.2 Å². The Balaban J connectivity index is 0.00000316. The van der Waals surface area contributed by atoms with Crippen LogP contribution in [0.3, 0.4) is 0 Å². The van der Waals surface area contributed by atoms with Crippen molar-refractivity contribution in [3.05, 3.63) is 126 Å². The van der Waals surface area contributed by atoms with Gasteiger partial charge in [-0.2, -0.15) is 5.26 Å². The topological polar surface area (TPSA) is 86.4 Å². The molecule has 0 atom stereocenters. The van der Waals surface area contributed by atoms with Crippen molar-refractivity contribution >= 4 is 0 Å². The van der Waals surface area contributed by atoms with E-state index in [1.807, 2.05) is 74.6 Å². The van der Waals surface area contributed by atoms with Crippen molar-refractivity contribution in [1.82, 2.24) is 29.1 Å². The molecular weight excluding hydrogens is 702 g/mol. The van der Waals surface area contributed by atoms with Gasteiger partial charge in [-0.1, -0.05) is 50.2 Å². The van der Waals surface area contributed by atoms with Crippen LogP contribution in [0, 0.1) is 17.4 Å². The van der Waals surface area contributed by atoms with Crippen LogP contribution in [-0.2, 0) is 31.9 Å². The maximum atomic E-state index is 10.1. The largest absolute Gasteiger partial charge is 2.00 e. The Morgan fingerprint density at radius 3 is 1.88 bits per heavy atom. The number of nitriles is 1. The molecule has 0 unspecified atom stereocenters. The second-order valence-corrected chi connectivity index (χ2v) is 11.4. The monoisotopic (exact) mass is 728 g/mol. The second-order valence-electron chi connectivity index (χ2n) is 11.4. The predicted molar refractivity (Wildman–Crippen MR) is 157 cm³/mol. The van der Waals surface area contributed by atoms with Crippen LogP contribution in [0.15, 0.2) is 91.3 Å². The number of hydrogen-bond acceptors (Lipinski definition) is 4. The van der Waals surface area contributed by atoms with Gasteiger partial charge >= 0.3 is 21.1 Å². The molecule has 0 N–H and O–H groups in total. The average molecular weight is 729 g/mol. The van der Waals surface area contributed by atoms with E-state index in [0.29, 0.717) is 22.9 Å². The number of hydrogen-bond donors (Lipinski definition) is 0. The molecule has 0 amide bonds. The van der Waals surface area contributed by atoms with Crippen molar-refractivity contribution in [1.29, 1.82) is 5.26 Å². The van der Waals surface area contributed by atoms with Gasteiger partial charge in [0.1, 0.15) is 11.6 Å². The van der Waals surface area contributed by atoms with Gasteiger partial charge in [-0.05, 0) is 61.2 Å². The Hall–Kier alpha value is -4.53. The quantitative estimate of drug-likeness (QED) is 0.193. The molecule has 8 heteroatoms. The van der Waals surface area contributed by atoms with Crippen molar-refractivity contribution in [2.24, 2.45) is 0 Å². The molecule has 6 aromatic rings. The third-order valence-electron chi connectivity index (χ3n) is 7.93. The summed E-state index contributed by atoms with van der Waals surface area (Å²) >= 11 is 0. The molecule has 0 saturated heterocycles. The Morgan fingerprint density at radius 2 is 1.29 bits per heavy atom. The van der Waals surface area contributed by atoms with Crippen molar-refractivity contribution in [3.8, 4) is 40.2 Å². The van der Waals surface area contributed by atoms with Crippen LogP contribution >= 0.6 is 0 Å². The molecule has 42 heavy (non-hydrogen) atoms. The molecule has 1 aliphatic rings. The van der Waals surface area contributed by atoms with Gasteiger partial charge in [-0.15, -0.1) is 35.4 Å². The number of aromatic nitrogens is 6. The van der Waals surface area contributed by atoms with E-state index >= 15 is 0 Å². The molecular formula is C34H27N7Pt. The molecule has 0 radical (unpaired) electrons. The zero-order valence-electron chi connectivity index (χ0n) is 23.6. The van der Waals surface area contributed by atoms with Crippen molar-refractivity contribution in [2.75, 3.05) is 0 Å². The Bertz CT molecular complexity index is 1950. The summed E-state index contributed by atoms with van der Waals surface area (Å²) in [4.78, 5) is 20.0. The Labute approximate surface area is 259 Å². The molecule has 8 bridgehead atoms. The summed E-state index contributed by atoms with van der Waals surface area (Å²) < 4.78 is 4.23. The Morgan fingerprint density at radius 1 is 0.714 bits per heavy atom. The number of benzene rings is 3. The predicted octanol–water partition coefficient (Wildman–Crippen LogP) is 6.38. The Kier molecular flexibility index (Phi) is 6.63. The van der Waals surface area contributed by atoms with Gasteiger partial charge in [-0.25, -0.2) is 4.98 Å². The SMILES string of the molecule is CC1(C)c2[c-]c(ccc2)-c2cn(-c3ccccc3)c(n2)C(C)(C)c2nc(cn2-c2ccccc2)-c2nc(C#N)c1[n-]2.[Pt+2]. The number of para-hydroxylation sites is 2. The van der Waals surface area contributed by atoms with Crippen LogP contribution in [0.1, 0.15) is 56.3 Å². The third kappa shape index (κ3) is 4.26. The minimum atomic E-state index is -0.656. The molecule has 4 heterocycles. The van der Waals surface area contributed by atoms with Gasteiger partial charge in [0.05, 0.1) is 17.2 Å². The van der Waals surface area contributed by atoms with E-state index in [4.69, 9.17) is 15.0 Å². The smallest absolute Gasteiger partial charge is 0.436 e. The fourth-order valence-electron chi connectivity index (χ4n) is 5.63. The van der Waals surface area contributed by atoms with Crippen molar-refractivity contribution in [2.45, 2.75) is 38.5 Å². The van der Waals surface area contributed by atoms with Crippen molar-refractivity contribution < 1.29 is 21.1 Å².